The molecular formula is C99H155N9O20S2-2. The van der Waals surface area contributed by atoms with E-state index in [1.54, 1.807) is 36.4 Å². The smallest absolute Gasteiger partial charge is 0.220 e. The van der Waals surface area contributed by atoms with Crippen molar-refractivity contribution >= 4 is 86.3 Å². The lowest BCUT2D eigenvalue weighted by molar-refractivity contribution is -0.270. The van der Waals surface area contributed by atoms with E-state index in [0.717, 1.165) is 123 Å². The van der Waals surface area contributed by atoms with Crippen LogP contribution in [0.1, 0.15) is 258 Å². The quantitative estimate of drug-likeness (QED) is 0.0116. The third-order valence-corrected chi connectivity index (χ3v) is 24.2. The largest absolute Gasteiger partial charge is 0.755 e. The first-order valence-electron chi connectivity index (χ1n) is 46.4. The van der Waals surface area contributed by atoms with E-state index >= 15 is 0 Å². The van der Waals surface area contributed by atoms with Gasteiger partial charge in [-0.3, -0.25) is 71.2 Å². The van der Waals surface area contributed by atoms with E-state index in [1.165, 1.54) is 29.2 Å². The van der Waals surface area contributed by atoms with Crippen molar-refractivity contribution in [2.45, 2.75) is 308 Å². The molecule has 5 aliphatic rings. The molecule has 8 unspecified atom stereocenters. The molecule has 8 N–H and O–H groups in total. The van der Waals surface area contributed by atoms with E-state index in [1.807, 2.05) is 116 Å². The summed E-state index contributed by atoms with van der Waals surface area (Å²) in [5.74, 6) is 0.515. The maximum atomic E-state index is 12.1. The van der Waals surface area contributed by atoms with E-state index in [-0.39, 0.29) is 99.2 Å². The molecule has 0 radical (unpaired) electrons. The number of carbonyl (C=O) groups excluding carboxylic acids is 9. The Labute approximate surface area is 779 Å². The Bertz CT molecular complexity index is 4030. The molecule has 29 nitrogen and oxygen atoms in total. The number of amides is 3. The van der Waals surface area contributed by atoms with Crippen molar-refractivity contribution in [2.24, 2.45) is 27.1 Å². The average molecular weight is 1860 g/mol. The predicted molar refractivity (Wildman–Crippen MR) is 507 cm³/mol. The molecule has 0 saturated carbocycles. The number of carbonyl (C=O) groups is 9. The molecule has 9 rings (SSSR count). The first-order chi connectivity index (χ1) is 60.9. The van der Waals surface area contributed by atoms with Crippen LogP contribution in [0.3, 0.4) is 0 Å². The van der Waals surface area contributed by atoms with Crippen molar-refractivity contribution in [1.29, 1.82) is 0 Å². The number of benzene rings is 4. The Hall–Kier alpha value is -7.31. The first kappa shape index (κ1) is 113. The Morgan fingerprint density at radius 1 is 0.438 bits per heavy atom. The van der Waals surface area contributed by atoms with Crippen molar-refractivity contribution in [3.8, 4) is 0 Å². The van der Waals surface area contributed by atoms with Gasteiger partial charge >= 0.3 is 0 Å². The highest BCUT2D eigenvalue weighted by atomic mass is 32.2. The number of aryl methyl sites for hydroxylation is 3. The van der Waals surface area contributed by atoms with Gasteiger partial charge in [-0.25, -0.2) is 0 Å². The fourth-order valence-electron chi connectivity index (χ4n) is 14.9. The summed E-state index contributed by atoms with van der Waals surface area (Å²) in [6.45, 7) is 47.5. The number of ether oxygens (including phenoxy) is 4. The number of ketones is 6. The number of Topliss-reactive ketones (excluding diaryl/α,β-unsaturated/α-hetero) is 6. The highest BCUT2D eigenvalue weighted by Crippen LogP contribution is 2.29. The fraction of sp³-hybridized carbons (Fsp3) is 0.667. The molecule has 0 aliphatic carbocycles. The summed E-state index contributed by atoms with van der Waals surface area (Å²) >= 11 is -4.66. The molecule has 5 fully saturated rings. The minimum absolute atomic E-state index is 0.0217. The zero-order valence-electron chi connectivity index (χ0n) is 80.9. The van der Waals surface area contributed by atoms with Crippen LogP contribution < -0.4 is 25.4 Å². The van der Waals surface area contributed by atoms with Crippen molar-refractivity contribution in [2.75, 3.05) is 101 Å². The number of nitrogens with one attached hydrogen (secondary N) is 5. The lowest BCUT2D eigenvalue weighted by atomic mass is 9.86. The summed E-state index contributed by atoms with van der Waals surface area (Å²) in [6.07, 6.45) is 7.51. The molecule has 5 saturated heterocycles. The van der Waals surface area contributed by atoms with Gasteiger partial charge in [-0.05, 0) is 131 Å². The number of hydrogen-bond donors (Lipinski definition) is 8. The normalized spacial score (nSPS) is 21.1. The van der Waals surface area contributed by atoms with Gasteiger partial charge in [-0.15, -0.1) is 0 Å². The van der Waals surface area contributed by atoms with Gasteiger partial charge in [0.1, 0.15) is 53.3 Å². The number of nitrogens with zero attached hydrogens (tertiary/aromatic N) is 4. The molecule has 4 aromatic carbocycles. The lowest BCUT2D eigenvalue weighted by Gasteiger charge is -2.42. The van der Waals surface area contributed by atoms with Crippen LogP contribution in [-0.4, -0.2) is 252 Å². The Balaban J connectivity index is 0.000000294. The Kier molecular flexibility index (Phi) is 48.9. The van der Waals surface area contributed by atoms with Gasteiger partial charge in [0.15, 0.2) is 12.1 Å². The molecule has 4 aromatic rings. The van der Waals surface area contributed by atoms with Crippen LogP contribution in [0.25, 0.3) is 0 Å². The lowest BCUT2D eigenvalue weighted by Crippen LogP contribution is -2.64. The molecular weight excluding hydrogens is 1700 g/mol. The van der Waals surface area contributed by atoms with Gasteiger partial charge in [-0.2, -0.15) is 0 Å². The molecule has 31 heteroatoms. The summed E-state index contributed by atoms with van der Waals surface area (Å²) in [6, 6.07) is 30.2. The van der Waals surface area contributed by atoms with Gasteiger partial charge < -0.3 is 68.8 Å². The van der Waals surface area contributed by atoms with E-state index in [9.17, 15) is 76.0 Å². The topological polar surface area (TPSA) is 405 Å². The van der Waals surface area contributed by atoms with Gasteiger partial charge in [0.2, 0.25) is 17.7 Å². The van der Waals surface area contributed by atoms with E-state index in [4.69, 9.17) is 18.9 Å². The molecule has 5 aliphatic heterocycles. The second kappa shape index (κ2) is 56.1. The number of aliphatic hydroxyl groups is 3. The number of rotatable bonds is 40. The van der Waals surface area contributed by atoms with Crippen LogP contribution in [0.4, 0.5) is 11.4 Å². The van der Waals surface area contributed by atoms with Crippen LogP contribution in [0, 0.1) is 40.9 Å². The molecule has 730 valence electrons. The standard InChI is InChI=1S/2C27H43N3O3.C17H31NO7.C17H25NO4S.C11H15NO3S/c2*1-21-8-10-22(11-9-21)19-29-14-16-30(17-15-29)20-24-13-12-23(33-24)18-28-26(32)7-5-6-25(31)27(2,3)4;1-10(20)18-13-15(23)14(22)11(9-19)25-16(13)24-8-6-5-7-12(21)17(2,3)4;1-17(2,3)16(20)12-11-15(19)6-4-5-13-7-9-14(10-8-13)18-23(21)22;1-11(2,3)10(13)8-4-6-9(7-5-8)12-16(14)15/h2*8-11,23-24H,5-7,12-20H2,1-4H3,(H,28,32);11,13-16,19,22-23H,5-9H2,1-4H3,(H,18,20);7-10,18H,4-6,11-12H2,1-3H3,(H,21,22);4-7,12H,1-3H3,(H,14,15)/p-2/t;;11?,13?,14-,15-,16-;;/m..1../s1. The van der Waals surface area contributed by atoms with E-state index in [0.29, 0.717) is 107 Å². The number of aliphatic hydroxyl groups excluding tert-OH is 3. The van der Waals surface area contributed by atoms with E-state index in [2.05, 4.69) is 107 Å². The minimum Gasteiger partial charge on any atom is -0.755 e. The molecule has 3 amide bonds. The summed E-state index contributed by atoms with van der Waals surface area (Å²) in [4.78, 5) is 117. The van der Waals surface area contributed by atoms with Gasteiger partial charge in [-0.1, -0.05) is 176 Å². The van der Waals surface area contributed by atoms with Crippen molar-refractivity contribution < 1.29 is 94.9 Å². The predicted octanol–water partition coefficient (Wildman–Crippen LogP) is 12.2. The molecule has 0 spiro atoms. The van der Waals surface area contributed by atoms with Crippen LogP contribution >= 0.6 is 0 Å². The highest BCUT2D eigenvalue weighted by Gasteiger charge is 2.45. The number of piperazine rings is 2. The summed E-state index contributed by atoms with van der Waals surface area (Å²) < 4.78 is 69.7. The van der Waals surface area contributed by atoms with Gasteiger partial charge in [0.25, 0.3) is 0 Å². The van der Waals surface area contributed by atoms with Crippen LogP contribution in [0.15, 0.2) is 97.1 Å². The minimum atomic E-state index is -2.34. The third kappa shape index (κ3) is 45.1. The second-order valence-electron chi connectivity index (χ2n) is 40.2. The maximum Gasteiger partial charge on any atom is 0.220 e. The van der Waals surface area contributed by atoms with E-state index < -0.39 is 71.1 Å². The van der Waals surface area contributed by atoms with Gasteiger partial charge in [0, 0.05) is 223 Å². The zero-order valence-corrected chi connectivity index (χ0v) is 82.5. The monoisotopic (exact) mass is 1850 g/mol. The summed E-state index contributed by atoms with van der Waals surface area (Å²) in [5.41, 5.74) is 6.15. The number of hydrogen-bond acceptors (Lipinski definition) is 24. The molecule has 130 heavy (non-hydrogen) atoms. The highest BCUT2D eigenvalue weighted by molar-refractivity contribution is 7.80. The molecule has 11 atom stereocenters. The Morgan fingerprint density at radius 2 is 0.815 bits per heavy atom. The van der Waals surface area contributed by atoms with Crippen LogP contribution in [0.5, 0.6) is 0 Å². The summed E-state index contributed by atoms with van der Waals surface area (Å²) in [5, 5.41) is 37.8. The van der Waals surface area contributed by atoms with Crippen molar-refractivity contribution in [3.05, 3.63) is 130 Å². The maximum absolute atomic E-state index is 12.1. The molecule has 5 heterocycles. The van der Waals surface area contributed by atoms with Gasteiger partial charge in [0.05, 0.1) is 31.0 Å². The van der Waals surface area contributed by atoms with Crippen LogP contribution in [-0.2, 0) is 99.3 Å². The van der Waals surface area contributed by atoms with Crippen molar-refractivity contribution in [3.63, 3.8) is 0 Å². The number of unbranched alkanes of at least 4 members (excludes halogenated alkanes) is 1. The second-order valence-corrected chi connectivity index (χ2v) is 41.6. The average Bonchev–Trinajstić information content (AvgIpc) is 0.977. The molecule has 0 bridgehead atoms. The Morgan fingerprint density at radius 3 is 1.20 bits per heavy atom. The summed E-state index contributed by atoms with van der Waals surface area (Å²) in [7, 11) is 0. The third-order valence-electron chi connectivity index (χ3n) is 23.4. The van der Waals surface area contributed by atoms with Crippen LogP contribution in [0.2, 0.25) is 0 Å². The SMILES string of the molecule is CC(=O)NC1[C@H](OCCCCC(=O)C(C)(C)C)OC(CO)[C@@H](O)[C@@H]1O.CC(C)(C)C(=O)CCC(=O)CCCc1ccc(NS(=O)[O-])cc1.CC(C)(C)C(=O)c1ccc(NS(=O)[O-])cc1.Cc1ccc(CN2CCN(CC3CCC(CNC(=O)CCCC(=O)C(C)(C)C)O3)CC2)cc1.Cc1ccc(CN2CCN(CC3CCC(CNC(=O)CCCC(=O)C(C)(C)C)O3)CC2)cc1. The fourth-order valence-corrected chi connectivity index (χ4v) is 15.6. The molecule has 0 aromatic heterocycles. The van der Waals surface area contributed by atoms with Crippen molar-refractivity contribution in [1.82, 2.24) is 35.6 Å². The first-order valence-corrected chi connectivity index (χ1v) is 48.6. The number of anilines is 2. The zero-order chi connectivity index (χ0) is 96.7.